The van der Waals surface area contributed by atoms with E-state index in [9.17, 15) is 13.2 Å². The highest BCUT2D eigenvalue weighted by Gasteiger charge is 2.44. The third-order valence-corrected chi connectivity index (χ3v) is 2.68. The number of benzene rings is 1. The molecule has 0 radical (unpaired) electrons. The Bertz CT molecular complexity index is 385. The standard InChI is InChI=1S/C11H12F3NO/c12-11(13,14)8-2-1-3-9(6-8)16-10(7-15)4-5-10/h1-3,6H,4-5,7,15H2. The number of ether oxygens (including phenoxy) is 1. The van der Waals surface area contributed by atoms with Crippen LogP contribution in [0.2, 0.25) is 0 Å². The van der Waals surface area contributed by atoms with Gasteiger partial charge in [-0.05, 0) is 31.0 Å². The zero-order valence-electron chi connectivity index (χ0n) is 8.55. The average molecular weight is 231 g/mol. The monoisotopic (exact) mass is 231 g/mol. The molecule has 0 saturated heterocycles. The van der Waals surface area contributed by atoms with Crippen molar-refractivity contribution < 1.29 is 17.9 Å². The van der Waals surface area contributed by atoms with Crippen LogP contribution in [0.3, 0.4) is 0 Å². The van der Waals surface area contributed by atoms with E-state index in [2.05, 4.69) is 0 Å². The number of nitrogens with two attached hydrogens (primary N) is 1. The SMILES string of the molecule is NCC1(Oc2cccc(C(F)(F)F)c2)CC1. The van der Waals surface area contributed by atoms with E-state index in [-0.39, 0.29) is 5.75 Å². The molecular formula is C11H12F3NO. The van der Waals surface area contributed by atoms with Crippen LogP contribution in [0, 0.1) is 0 Å². The summed E-state index contributed by atoms with van der Waals surface area (Å²) < 4.78 is 42.7. The van der Waals surface area contributed by atoms with Gasteiger partial charge in [0, 0.05) is 6.54 Å². The summed E-state index contributed by atoms with van der Waals surface area (Å²) in [4.78, 5) is 0. The summed E-state index contributed by atoms with van der Waals surface area (Å²) >= 11 is 0. The van der Waals surface area contributed by atoms with Gasteiger partial charge in [-0.2, -0.15) is 13.2 Å². The molecule has 1 aliphatic rings. The molecule has 2 N–H and O–H groups in total. The molecule has 0 spiro atoms. The van der Waals surface area contributed by atoms with Crippen molar-refractivity contribution >= 4 is 0 Å². The van der Waals surface area contributed by atoms with Crippen LogP contribution in [-0.2, 0) is 6.18 Å². The molecule has 0 unspecified atom stereocenters. The van der Waals surface area contributed by atoms with Crippen LogP contribution in [0.15, 0.2) is 24.3 Å². The molecule has 5 heteroatoms. The highest BCUT2D eigenvalue weighted by Crippen LogP contribution is 2.40. The van der Waals surface area contributed by atoms with Gasteiger partial charge in [-0.3, -0.25) is 0 Å². The smallest absolute Gasteiger partial charge is 0.416 e. The van der Waals surface area contributed by atoms with Gasteiger partial charge >= 0.3 is 6.18 Å². The van der Waals surface area contributed by atoms with E-state index in [1.54, 1.807) is 0 Å². The average Bonchev–Trinajstić information content (AvgIpc) is 2.98. The van der Waals surface area contributed by atoms with Gasteiger partial charge in [0.1, 0.15) is 11.4 Å². The number of alkyl halides is 3. The molecule has 1 aromatic rings. The van der Waals surface area contributed by atoms with Crippen LogP contribution in [0.5, 0.6) is 5.75 Å². The Labute approximate surface area is 91.2 Å². The van der Waals surface area contributed by atoms with E-state index in [1.165, 1.54) is 12.1 Å². The minimum atomic E-state index is -4.33. The van der Waals surface area contributed by atoms with Gasteiger partial charge in [-0.1, -0.05) is 6.07 Å². The second-order valence-electron chi connectivity index (χ2n) is 4.01. The summed E-state index contributed by atoms with van der Waals surface area (Å²) in [6.45, 7) is 0.337. The maximum absolute atomic E-state index is 12.4. The van der Waals surface area contributed by atoms with E-state index in [0.717, 1.165) is 25.0 Å². The van der Waals surface area contributed by atoms with Gasteiger partial charge < -0.3 is 10.5 Å². The van der Waals surface area contributed by atoms with Crippen molar-refractivity contribution in [2.24, 2.45) is 5.73 Å². The Balaban J connectivity index is 2.17. The Morgan fingerprint density at radius 1 is 1.31 bits per heavy atom. The lowest BCUT2D eigenvalue weighted by Gasteiger charge is -2.17. The minimum absolute atomic E-state index is 0.234. The summed E-state index contributed by atoms with van der Waals surface area (Å²) in [5, 5.41) is 0. The molecule has 0 heterocycles. The first kappa shape index (κ1) is 11.3. The maximum Gasteiger partial charge on any atom is 0.416 e. The van der Waals surface area contributed by atoms with Crippen LogP contribution < -0.4 is 10.5 Å². The van der Waals surface area contributed by atoms with E-state index >= 15 is 0 Å². The van der Waals surface area contributed by atoms with E-state index in [1.807, 2.05) is 0 Å². The second kappa shape index (κ2) is 3.66. The summed E-state index contributed by atoms with van der Waals surface area (Å²) in [7, 11) is 0. The van der Waals surface area contributed by atoms with E-state index < -0.39 is 17.3 Å². The van der Waals surface area contributed by atoms with Gasteiger partial charge in [-0.15, -0.1) is 0 Å². The van der Waals surface area contributed by atoms with Gasteiger partial charge in [0.2, 0.25) is 0 Å². The third kappa shape index (κ3) is 2.29. The van der Waals surface area contributed by atoms with Crippen molar-refractivity contribution in [3.05, 3.63) is 29.8 Å². The highest BCUT2D eigenvalue weighted by atomic mass is 19.4. The molecule has 0 amide bonds. The van der Waals surface area contributed by atoms with Crippen LogP contribution >= 0.6 is 0 Å². The Morgan fingerprint density at radius 3 is 2.50 bits per heavy atom. The predicted molar refractivity (Wildman–Crippen MR) is 53.1 cm³/mol. The Morgan fingerprint density at radius 2 is 2.00 bits per heavy atom. The summed E-state index contributed by atoms with van der Waals surface area (Å²) in [5.74, 6) is 0.234. The van der Waals surface area contributed by atoms with Crippen molar-refractivity contribution in [1.82, 2.24) is 0 Å². The Kier molecular flexibility index (Phi) is 2.58. The van der Waals surface area contributed by atoms with Crippen molar-refractivity contribution in [3.63, 3.8) is 0 Å². The van der Waals surface area contributed by atoms with Gasteiger partial charge in [0.25, 0.3) is 0 Å². The fourth-order valence-electron chi connectivity index (χ4n) is 1.47. The normalized spacial score (nSPS) is 18.2. The largest absolute Gasteiger partial charge is 0.486 e. The molecule has 1 fully saturated rings. The van der Waals surface area contributed by atoms with Crippen LogP contribution in [0.25, 0.3) is 0 Å². The molecule has 0 aliphatic heterocycles. The molecule has 0 aromatic heterocycles. The first-order chi connectivity index (χ1) is 7.45. The highest BCUT2D eigenvalue weighted by molar-refractivity contribution is 5.31. The number of rotatable bonds is 3. The van der Waals surface area contributed by atoms with Crippen molar-refractivity contribution in [3.8, 4) is 5.75 Å². The van der Waals surface area contributed by atoms with E-state index in [0.29, 0.717) is 6.54 Å². The molecule has 1 aromatic carbocycles. The fraction of sp³-hybridized carbons (Fsp3) is 0.455. The lowest BCUT2D eigenvalue weighted by atomic mass is 10.2. The lowest BCUT2D eigenvalue weighted by molar-refractivity contribution is -0.137. The number of hydrogen-bond acceptors (Lipinski definition) is 2. The van der Waals surface area contributed by atoms with Crippen molar-refractivity contribution in [2.75, 3.05) is 6.54 Å². The van der Waals surface area contributed by atoms with Crippen LogP contribution in [0.4, 0.5) is 13.2 Å². The molecule has 0 bridgehead atoms. The topological polar surface area (TPSA) is 35.2 Å². The molecule has 2 nitrogen and oxygen atoms in total. The molecule has 2 rings (SSSR count). The lowest BCUT2D eigenvalue weighted by Crippen LogP contribution is -2.28. The summed E-state index contributed by atoms with van der Waals surface area (Å²) in [6.07, 6.45) is -2.72. The van der Waals surface area contributed by atoms with E-state index in [4.69, 9.17) is 10.5 Å². The van der Waals surface area contributed by atoms with Gasteiger partial charge in [0.05, 0.1) is 5.56 Å². The predicted octanol–water partition coefficient (Wildman–Crippen LogP) is 2.58. The van der Waals surface area contributed by atoms with Crippen molar-refractivity contribution in [2.45, 2.75) is 24.6 Å². The van der Waals surface area contributed by atoms with Gasteiger partial charge in [-0.25, -0.2) is 0 Å². The zero-order chi connectivity index (χ0) is 11.8. The maximum atomic E-state index is 12.4. The Hall–Kier alpha value is -1.23. The van der Waals surface area contributed by atoms with Crippen LogP contribution in [0.1, 0.15) is 18.4 Å². The third-order valence-electron chi connectivity index (χ3n) is 2.68. The quantitative estimate of drug-likeness (QED) is 0.867. The van der Waals surface area contributed by atoms with Gasteiger partial charge in [0.15, 0.2) is 0 Å². The molecular weight excluding hydrogens is 219 g/mol. The number of hydrogen-bond donors (Lipinski definition) is 1. The molecule has 1 aliphatic carbocycles. The molecule has 0 atom stereocenters. The molecule has 88 valence electrons. The minimum Gasteiger partial charge on any atom is -0.486 e. The number of halogens is 3. The first-order valence-corrected chi connectivity index (χ1v) is 5.02. The fourth-order valence-corrected chi connectivity index (χ4v) is 1.47. The summed E-state index contributed by atoms with van der Waals surface area (Å²) in [6, 6.07) is 4.89. The first-order valence-electron chi connectivity index (χ1n) is 5.02. The second-order valence-corrected chi connectivity index (χ2v) is 4.01. The van der Waals surface area contributed by atoms with Crippen molar-refractivity contribution in [1.29, 1.82) is 0 Å². The summed E-state index contributed by atoms with van der Waals surface area (Å²) in [5.41, 5.74) is 4.37. The molecule has 16 heavy (non-hydrogen) atoms. The molecule has 1 saturated carbocycles. The van der Waals surface area contributed by atoms with Crippen LogP contribution in [-0.4, -0.2) is 12.1 Å². The zero-order valence-corrected chi connectivity index (χ0v) is 8.55.